The maximum Gasteiger partial charge on any atom is 0.339 e. The van der Waals surface area contributed by atoms with Crippen LogP contribution in [0.3, 0.4) is 0 Å². The maximum absolute atomic E-state index is 13.4. The van der Waals surface area contributed by atoms with Gasteiger partial charge in [0.1, 0.15) is 17.2 Å². The minimum absolute atomic E-state index is 0.0778. The van der Waals surface area contributed by atoms with Crippen molar-refractivity contribution < 1.29 is 19.1 Å². The SMILES string of the molecule is Cc1ccc(C(=O)Nc2ncccc2C(=O)O)cc1F. The number of pyridine rings is 1. The zero-order valence-corrected chi connectivity index (χ0v) is 10.6. The van der Waals surface area contributed by atoms with Crippen LogP contribution in [0.4, 0.5) is 10.2 Å². The smallest absolute Gasteiger partial charge is 0.339 e. The van der Waals surface area contributed by atoms with E-state index < -0.39 is 17.7 Å². The Morgan fingerprint density at radius 3 is 2.70 bits per heavy atom. The summed E-state index contributed by atoms with van der Waals surface area (Å²) in [6.07, 6.45) is 1.36. The van der Waals surface area contributed by atoms with Gasteiger partial charge in [0.05, 0.1) is 0 Å². The van der Waals surface area contributed by atoms with Crippen LogP contribution in [0.1, 0.15) is 26.3 Å². The molecule has 0 aliphatic carbocycles. The Kier molecular flexibility index (Phi) is 3.74. The lowest BCUT2D eigenvalue weighted by molar-refractivity contribution is 0.0697. The fourth-order valence-corrected chi connectivity index (χ4v) is 1.59. The van der Waals surface area contributed by atoms with Crippen molar-refractivity contribution in [2.75, 3.05) is 5.32 Å². The van der Waals surface area contributed by atoms with Gasteiger partial charge in [0.2, 0.25) is 0 Å². The molecule has 1 aromatic carbocycles. The maximum atomic E-state index is 13.4. The number of carbonyl (C=O) groups is 2. The zero-order chi connectivity index (χ0) is 14.7. The number of benzene rings is 1. The van der Waals surface area contributed by atoms with Gasteiger partial charge in [-0.15, -0.1) is 0 Å². The summed E-state index contributed by atoms with van der Waals surface area (Å²) in [7, 11) is 0. The number of rotatable bonds is 3. The molecule has 1 aromatic heterocycles. The van der Waals surface area contributed by atoms with Crippen molar-refractivity contribution in [2.45, 2.75) is 6.92 Å². The van der Waals surface area contributed by atoms with Gasteiger partial charge in [-0.1, -0.05) is 6.07 Å². The van der Waals surface area contributed by atoms with Gasteiger partial charge in [-0.25, -0.2) is 14.2 Å². The van der Waals surface area contributed by atoms with Crippen molar-refractivity contribution in [3.05, 3.63) is 59.0 Å². The Bertz CT molecular complexity index is 686. The molecule has 0 unspecified atom stereocenters. The molecule has 2 aromatic rings. The average molecular weight is 274 g/mol. The molecule has 0 spiro atoms. The van der Waals surface area contributed by atoms with Crippen molar-refractivity contribution in [1.82, 2.24) is 4.98 Å². The van der Waals surface area contributed by atoms with E-state index in [4.69, 9.17) is 5.11 Å². The molecule has 1 heterocycles. The third-order valence-corrected chi connectivity index (χ3v) is 2.70. The lowest BCUT2D eigenvalue weighted by atomic mass is 10.1. The highest BCUT2D eigenvalue weighted by Crippen LogP contribution is 2.14. The van der Waals surface area contributed by atoms with Crippen molar-refractivity contribution in [3.8, 4) is 0 Å². The fourth-order valence-electron chi connectivity index (χ4n) is 1.59. The Hall–Kier alpha value is -2.76. The van der Waals surface area contributed by atoms with E-state index in [-0.39, 0.29) is 16.9 Å². The van der Waals surface area contributed by atoms with Crippen LogP contribution in [0, 0.1) is 12.7 Å². The van der Waals surface area contributed by atoms with E-state index in [2.05, 4.69) is 10.3 Å². The van der Waals surface area contributed by atoms with Gasteiger partial charge in [0.25, 0.3) is 5.91 Å². The first-order valence-corrected chi connectivity index (χ1v) is 5.75. The van der Waals surface area contributed by atoms with Crippen LogP contribution >= 0.6 is 0 Å². The Morgan fingerprint density at radius 1 is 1.30 bits per heavy atom. The molecular weight excluding hydrogens is 263 g/mol. The molecule has 0 aliphatic heterocycles. The van der Waals surface area contributed by atoms with Gasteiger partial charge in [-0.3, -0.25) is 4.79 Å². The molecule has 0 bridgehead atoms. The van der Waals surface area contributed by atoms with E-state index in [1.165, 1.54) is 30.5 Å². The molecule has 6 heteroatoms. The normalized spacial score (nSPS) is 10.1. The summed E-state index contributed by atoms with van der Waals surface area (Å²) >= 11 is 0. The number of halogens is 1. The molecule has 0 aliphatic rings. The number of aromatic nitrogens is 1. The van der Waals surface area contributed by atoms with Crippen LogP contribution in [-0.4, -0.2) is 22.0 Å². The van der Waals surface area contributed by atoms with Gasteiger partial charge < -0.3 is 10.4 Å². The fraction of sp³-hybridized carbons (Fsp3) is 0.0714. The second-order valence-corrected chi connectivity index (χ2v) is 4.12. The lowest BCUT2D eigenvalue weighted by Crippen LogP contribution is -2.16. The molecule has 0 fully saturated rings. The van der Waals surface area contributed by atoms with E-state index >= 15 is 0 Å². The largest absolute Gasteiger partial charge is 0.478 e. The number of carboxylic acid groups (broad SMARTS) is 1. The highest BCUT2D eigenvalue weighted by molar-refractivity contribution is 6.06. The van der Waals surface area contributed by atoms with E-state index in [1.54, 1.807) is 6.92 Å². The highest BCUT2D eigenvalue weighted by atomic mass is 19.1. The molecule has 0 saturated heterocycles. The van der Waals surface area contributed by atoms with E-state index in [0.717, 1.165) is 6.07 Å². The van der Waals surface area contributed by atoms with Crippen LogP contribution in [0.5, 0.6) is 0 Å². The number of carbonyl (C=O) groups excluding carboxylic acids is 1. The summed E-state index contributed by atoms with van der Waals surface area (Å²) in [5, 5.41) is 11.3. The first-order chi connectivity index (χ1) is 9.49. The molecule has 0 radical (unpaired) electrons. The van der Waals surface area contributed by atoms with E-state index in [1.807, 2.05) is 0 Å². The number of aromatic carboxylic acids is 1. The Balaban J connectivity index is 2.28. The average Bonchev–Trinajstić information content (AvgIpc) is 2.42. The van der Waals surface area contributed by atoms with Crippen molar-refractivity contribution >= 4 is 17.7 Å². The minimum atomic E-state index is -1.21. The summed E-state index contributed by atoms with van der Waals surface area (Å²) in [6, 6.07) is 6.79. The molecule has 102 valence electrons. The highest BCUT2D eigenvalue weighted by Gasteiger charge is 2.15. The van der Waals surface area contributed by atoms with Crippen molar-refractivity contribution in [2.24, 2.45) is 0 Å². The van der Waals surface area contributed by atoms with Crippen LogP contribution in [0.2, 0.25) is 0 Å². The molecule has 0 atom stereocenters. The van der Waals surface area contributed by atoms with E-state index in [0.29, 0.717) is 5.56 Å². The first-order valence-electron chi connectivity index (χ1n) is 5.75. The molecule has 1 amide bonds. The summed E-state index contributed by atoms with van der Waals surface area (Å²) in [5.74, 6) is -2.41. The van der Waals surface area contributed by atoms with Crippen molar-refractivity contribution in [3.63, 3.8) is 0 Å². The summed E-state index contributed by atoms with van der Waals surface area (Å²) < 4.78 is 13.4. The second kappa shape index (κ2) is 5.48. The van der Waals surface area contributed by atoms with Crippen molar-refractivity contribution in [1.29, 1.82) is 0 Å². The molecule has 0 saturated carbocycles. The topological polar surface area (TPSA) is 79.3 Å². The minimum Gasteiger partial charge on any atom is -0.478 e. The molecule has 2 N–H and O–H groups in total. The van der Waals surface area contributed by atoms with Gasteiger partial charge in [0.15, 0.2) is 0 Å². The summed E-state index contributed by atoms with van der Waals surface area (Å²) in [5.41, 5.74) is 0.383. The van der Waals surface area contributed by atoms with Crippen LogP contribution in [-0.2, 0) is 0 Å². The second-order valence-electron chi connectivity index (χ2n) is 4.12. The molecular formula is C14H11FN2O3. The van der Waals surface area contributed by atoms with Gasteiger partial charge in [-0.05, 0) is 36.8 Å². The number of anilines is 1. The summed E-state index contributed by atoms with van der Waals surface area (Å²) in [4.78, 5) is 26.7. The Labute approximate surface area is 114 Å². The zero-order valence-electron chi connectivity index (χ0n) is 10.6. The van der Waals surface area contributed by atoms with Gasteiger partial charge in [-0.2, -0.15) is 0 Å². The number of amides is 1. The number of aryl methyl sites for hydroxylation is 1. The van der Waals surface area contributed by atoms with Crippen LogP contribution in [0.25, 0.3) is 0 Å². The number of nitrogens with zero attached hydrogens (tertiary/aromatic N) is 1. The third-order valence-electron chi connectivity index (χ3n) is 2.70. The summed E-state index contributed by atoms with van der Waals surface area (Å²) in [6.45, 7) is 1.58. The van der Waals surface area contributed by atoms with Crippen LogP contribution < -0.4 is 5.32 Å². The molecule has 20 heavy (non-hydrogen) atoms. The quantitative estimate of drug-likeness (QED) is 0.901. The predicted molar refractivity (Wildman–Crippen MR) is 70.3 cm³/mol. The number of hydrogen-bond donors (Lipinski definition) is 2. The van der Waals surface area contributed by atoms with Crippen LogP contribution in [0.15, 0.2) is 36.5 Å². The van der Waals surface area contributed by atoms with E-state index in [9.17, 15) is 14.0 Å². The number of hydrogen-bond acceptors (Lipinski definition) is 3. The Morgan fingerprint density at radius 2 is 2.05 bits per heavy atom. The molecule has 5 nitrogen and oxygen atoms in total. The number of carboxylic acids is 1. The standard InChI is InChI=1S/C14H11FN2O3/c1-8-4-5-9(7-11(8)15)13(18)17-12-10(14(19)20)3-2-6-16-12/h2-7H,1H3,(H,19,20)(H,16,17,18). The number of nitrogens with one attached hydrogen (secondary N) is 1. The lowest BCUT2D eigenvalue weighted by Gasteiger charge is -2.07. The monoisotopic (exact) mass is 274 g/mol. The predicted octanol–water partition coefficient (Wildman–Crippen LogP) is 2.48. The molecule has 2 rings (SSSR count). The third kappa shape index (κ3) is 2.80. The van der Waals surface area contributed by atoms with Gasteiger partial charge >= 0.3 is 5.97 Å². The van der Waals surface area contributed by atoms with Gasteiger partial charge in [0, 0.05) is 11.8 Å². The first kappa shape index (κ1) is 13.7.